The zero-order valence-corrected chi connectivity index (χ0v) is 16.2. The molecule has 0 spiro atoms. The highest BCUT2D eigenvalue weighted by atomic mass is 32.2. The van der Waals surface area contributed by atoms with Crippen molar-refractivity contribution in [3.05, 3.63) is 59.7 Å². The molecule has 0 N–H and O–H groups in total. The van der Waals surface area contributed by atoms with Gasteiger partial charge in [0.1, 0.15) is 5.82 Å². The van der Waals surface area contributed by atoms with Crippen molar-refractivity contribution < 1.29 is 0 Å². The van der Waals surface area contributed by atoms with Gasteiger partial charge in [-0.05, 0) is 79.5 Å². The lowest BCUT2D eigenvalue weighted by atomic mass is 10.1. The lowest BCUT2D eigenvalue weighted by molar-refractivity contribution is 0.883. The van der Waals surface area contributed by atoms with Crippen LogP contribution in [0.4, 0.5) is 0 Å². The van der Waals surface area contributed by atoms with E-state index in [4.69, 9.17) is 0 Å². The van der Waals surface area contributed by atoms with Crippen molar-refractivity contribution in [1.82, 2.24) is 29.1 Å². The fraction of sp³-hybridized carbons (Fsp3) is 0.167. The van der Waals surface area contributed by atoms with E-state index in [0.29, 0.717) is 0 Å². The second-order valence-electron chi connectivity index (χ2n) is 5.86. The summed E-state index contributed by atoms with van der Waals surface area (Å²) < 4.78 is 7.16. The van der Waals surface area contributed by atoms with Gasteiger partial charge in [-0.2, -0.15) is 4.37 Å². The van der Waals surface area contributed by atoms with Crippen molar-refractivity contribution >= 4 is 23.3 Å². The zero-order valence-electron chi connectivity index (χ0n) is 14.5. The topological polar surface area (TPSA) is 69.4 Å². The Kier molecular flexibility index (Phi) is 4.52. The summed E-state index contributed by atoms with van der Waals surface area (Å²) in [5, 5.41) is 9.62. The second kappa shape index (κ2) is 6.97. The summed E-state index contributed by atoms with van der Waals surface area (Å²) in [6.07, 6.45) is 3.52. The maximum absolute atomic E-state index is 4.44. The Labute approximate surface area is 159 Å². The van der Waals surface area contributed by atoms with Crippen molar-refractivity contribution in [1.29, 1.82) is 0 Å². The van der Waals surface area contributed by atoms with E-state index in [1.165, 1.54) is 34.4 Å². The summed E-state index contributed by atoms with van der Waals surface area (Å²) in [6, 6.07) is 10.2. The smallest absolute Gasteiger partial charge is 0.203 e. The molecule has 0 saturated carbocycles. The molecule has 3 aromatic heterocycles. The van der Waals surface area contributed by atoms with Gasteiger partial charge in [-0.1, -0.05) is 6.07 Å². The second-order valence-corrected chi connectivity index (χ2v) is 7.82. The van der Waals surface area contributed by atoms with E-state index in [-0.39, 0.29) is 0 Å². The maximum Gasteiger partial charge on any atom is 0.203 e. The summed E-state index contributed by atoms with van der Waals surface area (Å²) in [4.78, 5) is 8.53. The molecule has 0 bridgehead atoms. The maximum atomic E-state index is 4.44. The Hall–Kier alpha value is -2.58. The number of hydrogen-bond donors (Lipinski definition) is 0. The van der Waals surface area contributed by atoms with Crippen LogP contribution in [0.5, 0.6) is 0 Å². The molecule has 0 radical (unpaired) electrons. The number of benzene rings is 1. The highest BCUT2D eigenvalue weighted by molar-refractivity contribution is 8.00. The molecule has 0 atom stereocenters. The van der Waals surface area contributed by atoms with Crippen LogP contribution in [0.15, 0.2) is 52.2 Å². The minimum absolute atomic E-state index is 0.760. The molecule has 8 heteroatoms. The van der Waals surface area contributed by atoms with Crippen LogP contribution in [0.25, 0.3) is 17.1 Å². The summed E-state index contributed by atoms with van der Waals surface area (Å²) >= 11 is 2.84. The van der Waals surface area contributed by atoms with Gasteiger partial charge in [0.15, 0.2) is 10.2 Å². The molecule has 4 rings (SSSR count). The Balaban J connectivity index is 1.86. The quantitative estimate of drug-likeness (QED) is 0.527. The molecule has 0 aliphatic carbocycles. The Bertz CT molecular complexity index is 1050. The number of hydrogen-bond acceptors (Lipinski definition) is 7. The van der Waals surface area contributed by atoms with Crippen LogP contribution < -0.4 is 0 Å². The monoisotopic (exact) mass is 380 g/mol. The molecule has 0 aliphatic heterocycles. The Morgan fingerprint density at radius 3 is 2.46 bits per heavy atom. The van der Waals surface area contributed by atoms with Gasteiger partial charge in [0.05, 0.1) is 5.69 Å². The number of nitrogens with zero attached hydrogens (tertiary/aromatic N) is 6. The molecule has 0 fully saturated rings. The summed E-state index contributed by atoms with van der Waals surface area (Å²) in [5.41, 5.74) is 4.46. The number of aryl methyl sites for hydroxylation is 3. The van der Waals surface area contributed by atoms with Crippen LogP contribution in [-0.4, -0.2) is 29.1 Å². The van der Waals surface area contributed by atoms with Gasteiger partial charge >= 0.3 is 0 Å². The van der Waals surface area contributed by atoms with E-state index in [0.717, 1.165) is 32.4 Å². The summed E-state index contributed by atoms with van der Waals surface area (Å²) in [6.45, 7) is 6.10. The van der Waals surface area contributed by atoms with E-state index in [1.807, 2.05) is 19.1 Å². The molecule has 130 valence electrons. The average molecular weight is 381 g/mol. The zero-order chi connectivity index (χ0) is 18.1. The largest absolute Gasteiger partial charge is 0.270 e. The van der Waals surface area contributed by atoms with Crippen LogP contribution in [0.2, 0.25) is 0 Å². The van der Waals surface area contributed by atoms with E-state index in [2.05, 4.69) is 61.2 Å². The third-order valence-corrected chi connectivity index (χ3v) is 5.80. The number of rotatable bonds is 4. The molecule has 1 aromatic carbocycles. The van der Waals surface area contributed by atoms with Crippen molar-refractivity contribution in [3.63, 3.8) is 0 Å². The average Bonchev–Trinajstić information content (AvgIpc) is 3.25. The van der Waals surface area contributed by atoms with E-state index in [1.54, 1.807) is 12.4 Å². The van der Waals surface area contributed by atoms with Gasteiger partial charge < -0.3 is 0 Å². The Morgan fingerprint density at radius 2 is 1.77 bits per heavy atom. The fourth-order valence-electron chi connectivity index (χ4n) is 2.52. The normalized spacial score (nSPS) is 11.0. The van der Waals surface area contributed by atoms with Gasteiger partial charge in [-0.3, -0.25) is 9.55 Å². The van der Waals surface area contributed by atoms with Crippen LogP contribution in [0.1, 0.15) is 17.0 Å². The molecule has 6 nitrogen and oxygen atoms in total. The highest BCUT2D eigenvalue weighted by Crippen LogP contribution is 2.33. The molecule has 4 aromatic rings. The number of aromatic nitrogens is 6. The lowest BCUT2D eigenvalue weighted by Crippen LogP contribution is -2.00. The van der Waals surface area contributed by atoms with Crippen molar-refractivity contribution in [2.75, 3.05) is 0 Å². The first-order valence-electron chi connectivity index (χ1n) is 8.03. The first-order chi connectivity index (χ1) is 12.6. The first-order valence-corrected chi connectivity index (χ1v) is 9.62. The molecule has 0 aliphatic rings. The van der Waals surface area contributed by atoms with E-state index < -0.39 is 0 Å². The third-order valence-electron chi connectivity index (χ3n) is 4.01. The molecular weight excluding hydrogens is 364 g/mol. The molecule has 0 saturated heterocycles. The van der Waals surface area contributed by atoms with Gasteiger partial charge in [-0.15, -0.1) is 10.2 Å². The summed E-state index contributed by atoms with van der Waals surface area (Å²) in [7, 11) is 0. The van der Waals surface area contributed by atoms with Crippen LogP contribution >= 0.6 is 23.3 Å². The fourth-order valence-corrected chi connectivity index (χ4v) is 4.13. The molecular formula is C18H16N6S2. The standard InChI is InChI=1S/C18H16N6S2/c1-11-4-5-15(10-12(11)2)24-16(14-6-8-19-9-7-14)21-22-17(24)25-18-20-13(3)23-26-18/h4-10H,1-3H3. The van der Waals surface area contributed by atoms with Gasteiger partial charge in [0.2, 0.25) is 5.16 Å². The van der Waals surface area contributed by atoms with E-state index >= 15 is 0 Å². The predicted molar refractivity (Wildman–Crippen MR) is 103 cm³/mol. The summed E-state index contributed by atoms with van der Waals surface area (Å²) in [5.74, 6) is 1.54. The number of pyridine rings is 1. The Morgan fingerprint density at radius 1 is 0.962 bits per heavy atom. The first kappa shape index (κ1) is 16.9. The van der Waals surface area contributed by atoms with E-state index in [9.17, 15) is 0 Å². The molecule has 3 heterocycles. The highest BCUT2D eigenvalue weighted by Gasteiger charge is 2.18. The van der Waals surface area contributed by atoms with Crippen molar-refractivity contribution in [2.45, 2.75) is 30.3 Å². The minimum Gasteiger partial charge on any atom is -0.270 e. The lowest BCUT2D eigenvalue weighted by Gasteiger charge is -2.11. The third kappa shape index (κ3) is 3.25. The van der Waals surface area contributed by atoms with Crippen LogP contribution in [-0.2, 0) is 0 Å². The SMILES string of the molecule is Cc1nsc(Sc2nnc(-c3ccncc3)n2-c2ccc(C)c(C)c2)n1. The predicted octanol–water partition coefficient (Wildman–Crippen LogP) is 4.26. The molecule has 26 heavy (non-hydrogen) atoms. The van der Waals surface area contributed by atoms with Gasteiger partial charge in [-0.25, -0.2) is 4.98 Å². The van der Waals surface area contributed by atoms with Gasteiger partial charge in [0.25, 0.3) is 0 Å². The molecule has 0 unspecified atom stereocenters. The minimum atomic E-state index is 0.760. The van der Waals surface area contributed by atoms with Crippen LogP contribution in [0.3, 0.4) is 0 Å². The molecule has 0 amide bonds. The van der Waals surface area contributed by atoms with Gasteiger partial charge in [0, 0.05) is 18.0 Å². The van der Waals surface area contributed by atoms with Crippen molar-refractivity contribution in [3.8, 4) is 17.1 Å². The van der Waals surface area contributed by atoms with Crippen molar-refractivity contribution in [2.24, 2.45) is 0 Å². The van der Waals surface area contributed by atoms with Crippen LogP contribution in [0, 0.1) is 20.8 Å².